The molecule has 0 amide bonds. The summed E-state index contributed by atoms with van der Waals surface area (Å²) in [6.07, 6.45) is 0. The van der Waals surface area contributed by atoms with E-state index in [1.54, 1.807) is 0 Å². The Morgan fingerprint density at radius 1 is 1.33 bits per heavy atom. The molecule has 0 saturated carbocycles. The van der Waals surface area contributed by atoms with Gasteiger partial charge in [0.25, 0.3) is 0 Å². The molecule has 0 unspecified atom stereocenters. The third kappa shape index (κ3) is 2.09. The first-order valence-corrected chi connectivity index (χ1v) is 3.84. The zero-order valence-corrected chi connectivity index (χ0v) is 7.67. The Kier molecular flexibility index (Phi) is 2.88. The van der Waals surface area contributed by atoms with Crippen molar-refractivity contribution < 1.29 is 4.74 Å². The molecule has 0 aliphatic heterocycles. The molecule has 0 atom stereocenters. The number of ether oxygens (including phenoxy) is 1. The van der Waals surface area contributed by atoms with Crippen molar-refractivity contribution in [1.29, 1.82) is 0 Å². The highest BCUT2D eigenvalue weighted by molar-refractivity contribution is 6.43. The van der Waals surface area contributed by atoms with E-state index in [0.29, 0.717) is 0 Å². The van der Waals surface area contributed by atoms with E-state index in [2.05, 4.69) is 15.0 Å². The van der Waals surface area contributed by atoms with Crippen LogP contribution in [0.1, 0.15) is 10.7 Å². The molecule has 0 spiro atoms. The number of halogens is 2. The lowest BCUT2D eigenvalue weighted by molar-refractivity contribution is 0.377. The molecule has 0 aromatic carbocycles. The summed E-state index contributed by atoms with van der Waals surface area (Å²) in [4.78, 5) is 10.3. The Bertz CT molecular complexity index is 280. The van der Waals surface area contributed by atoms with E-state index in [0.717, 1.165) is 0 Å². The van der Waals surface area contributed by atoms with E-state index >= 15 is 0 Å². The first-order chi connectivity index (χ1) is 5.63. The molecule has 1 rings (SSSR count). The third-order valence-electron chi connectivity index (χ3n) is 1.03. The average molecular weight is 209 g/mol. The van der Waals surface area contributed by atoms with Crippen LogP contribution in [0.4, 0.5) is 5.95 Å². The highest BCUT2D eigenvalue weighted by atomic mass is 35.5. The molecule has 1 aromatic heterocycles. The molecule has 0 aliphatic rings. The lowest BCUT2D eigenvalue weighted by Gasteiger charge is -2.02. The molecule has 7 heteroatoms. The number of methoxy groups -OCH3 is 1. The molecular formula is C5H6Cl2N4O. The number of hydrogen-bond acceptors (Lipinski definition) is 5. The summed E-state index contributed by atoms with van der Waals surface area (Å²) in [7, 11) is 1.41. The van der Waals surface area contributed by atoms with Crippen molar-refractivity contribution in [3.8, 4) is 6.01 Å². The monoisotopic (exact) mass is 208 g/mol. The Labute approximate surface area is 78.9 Å². The van der Waals surface area contributed by atoms with Gasteiger partial charge < -0.3 is 10.5 Å². The molecule has 0 radical (unpaired) electrons. The summed E-state index contributed by atoms with van der Waals surface area (Å²) in [5.74, 6) is 0.214. The van der Waals surface area contributed by atoms with Crippen LogP contribution in [0.3, 0.4) is 0 Å². The molecule has 5 nitrogen and oxygen atoms in total. The maximum Gasteiger partial charge on any atom is 0.321 e. The smallest absolute Gasteiger partial charge is 0.321 e. The van der Waals surface area contributed by atoms with Gasteiger partial charge in [-0.25, -0.2) is 0 Å². The lowest BCUT2D eigenvalue weighted by Crippen LogP contribution is -2.04. The summed E-state index contributed by atoms with van der Waals surface area (Å²) in [5, 5.41) is 0. The van der Waals surface area contributed by atoms with Crippen molar-refractivity contribution in [2.45, 2.75) is 4.84 Å². The number of aromatic nitrogens is 3. The van der Waals surface area contributed by atoms with Gasteiger partial charge in [0.1, 0.15) is 0 Å². The summed E-state index contributed by atoms with van der Waals surface area (Å²) in [6, 6.07) is 0.101. The Morgan fingerprint density at radius 2 is 2.00 bits per heavy atom. The number of hydrogen-bond donors (Lipinski definition) is 1. The quantitative estimate of drug-likeness (QED) is 0.733. The van der Waals surface area contributed by atoms with Gasteiger partial charge >= 0.3 is 6.01 Å². The van der Waals surface area contributed by atoms with Crippen LogP contribution in [-0.4, -0.2) is 22.1 Å². The van der Waals surface area contributed by atoms with Gasteiger partial charge in [-0.15, -0.1) is 0 Å². The number of rotatable bonds is 2. The molecule has 2 N–H and O–H groups in total. The van der Waals surface area contributed by atoms with Crippen molar-refractivity contribution in [3.05, 3.63) is 5.82 Å². The number of alkyl halides is 2. The average Bonchev–Trinajstić information content (AvgIpc) is 2.03. The van der Waals surface area contributed by atoms with Gasteiger partial charge in [0.2, 0.25) is 5.95 Å². The number of nitrogens with two attached hydrogens (primary N) is 1. The first kappa shape index (κ1) is 9.28. The normalized spacial score (nSPS) is 10.3. The fourth-order valence-corrected chi connectivity index (χ4v) is 0.772. The van der Waals surface area contributed by atoms with Crippen LogP contribution in [0.15, 0.2) is 0 Å². The second-order valence-electron chi connectivity index (χ2n) is 1.84. The number of anilines is 1. The molecule has 1 heterocycles. The Morgan fingerprint density at radius 3 is 2.50 bits per heavy atom. The molecule has 0 fully saturated rings. The van der Waals surface area contributed by atoms with Crippen LogP contribution in [0, 0.1) is 0 Å². The molecule has 0 saturated heterocycles. The van der Waals surface area contributed by atoms with E-state index in [4.69, 9.17) is 33.7 Å². The van der Waals surface area contributed by atoms with Gasteiger partial charge in [-0.05, 0) is 0 Å². The van der Waals surface area contributed by atoms with Gasteiger partial charge in [0.05, 0.1) is 7.11 Å². The minimum Gasteiger partial charge on any atom is -0.467 e. The van der Waals surface area contributed by atoms with E-state index in [-0.39, 0.29) is 17.8 Å². The van der Waals surface area contributed by atoms with Crippen LogP contribution in [0.2, 0.25) is 0 Å². The molecule has 66 valence electrons. The topological polar surface area (TPSA) is 73.9 Å². The van der Waals surface area contributed by atoms with Crippen molar-refractivity contribution in [2.75, 3.05) is 12.8 Å². The van der Waals surface area contributed by atoms with E-state index in [1.807, 2.05) is 0 Å². The zero-order chi connectivity index (χ0) is 9.14. The van der Waals surface area contributed by atoms with Gasteiger partial charge in [0, 0.05) is 0 Å². The van der Waals surface area contributed by atoms with E-state index in [9.17, 15) is 0 Å². The fraction of sp³-hybridized carbons (Fsp3) is 0.400. The molecule has 1 aromatic rings. The summed E-state index contributed by atoms with van der Waals surface area (Å²) in [5.41, 5.74) is 5.31. The highest BCUT2D eigenvalue weighted by Gasteiger charge is 2.10. The first-order valence-electron chi connectivity index (χ1n) is 2.97. The molecule has 0 bridgehead atoms. The number of nitrogens with zero attached hydrogens (tertiary/aromatic N) is 3. The largest absolute Gasteiger partial charge is 0.467 e. The molecule has 12 heavy (non-hydrogen) atoms. The highest BCUT2D eigenvalue weighted by Crippen LogP contribution is 2.22. The summed E-state index contributed by atoms with van der Waals surface area (Å²) < 4.78 is 4.73. The van der Waals surface area contributed by atoms with E-state index in [1.165, 1.54) is 7.11 Å². The Balaban J connectivity index is 3.06. The van der Waals surface area contributed by atoms with Crippen LogP contribution < -0.4 is 10.5 Å². The molecular weight excluding hydrogens is 203 g/mol. The summed E-state index contributed by atoms with van der Waals surface area (Å²) >= 11 is 11.0. The van der Waals surface area contributed by atoms with Gasteiger partial charge in [-0.2, -0.15) is 15.0 Å². The molecule has 0 aliphatic carbocycles. The van der Waals surface area contributed by atoms with Crippen molar-refractivity contribution in [1.82, 2.24) is 15.0 Å². The fourth-order valence-electron chi connectivity index (χ4n) is 0.577. The lowest BCUT2D eigenvalue weighted by atomic mass is 10.7. The predicted molar refractivity (Wildman–Crippen MR) is 45.2 cm³/mol. The van der Waals surface area contributed by atoms with Crippen molar-refractivity contribution in [2.24, 2.45) is 0 Å². The predicted octanol–water partition coefficient (Wildman–Crippen LogP) is 0.939. The van der Waals surface area contributed by atoms with E-state index < -0.39 is 4.84 Å². The van der Waals surface area contributed by atoms with Crippen LogP contribution in [0.25, 0.3) is 0 Å². The second-order valence-corrected chi connectivity index (χ2v) is 2.94. The van der Waals surface area contributed by atoms with Gasteiger partial charge in [-0.3, -0.25) is 0 Å². The summed E-state index contributed by atoms with van der Waals surface area (Å²) in [6.45, 7) is 0. The second kappa shape index (κ2) is 3.73. The maximum absolute atomic E-state index is 5.51. The minimum absolute atomic E-state index is 0.0307. The maximum atomic E-state index is 5.51. The van der Waals surface area contributed by atoms with Crippen LogP contribution in [0.5, 0.6) is 6.01 Å². The van der Waals surface area contributed by atoms with Crippen LogP contribution >= 0.6 is 23.2 Å². The van der Waals surface area contributed by atoms with Gasteiger partial charge in [-0.1, -0.05) is 23.2 Å². The number of nitrogen functional groups attached to an aromatic ring is 1. The van der Waals surface area contributed by atoms with Crippen molar-refractivity contribution in [3.63, 3.8) is 0 Å². The SMILES string of the molecule is COc1nc(N)nc(C(Cl)Cl)n1. The van der Waals surface area contributed by atoms with Crippen molar-refractivity contribution >= 4 is 29.2 Å². The minimum atomic E-state index is -0.829. The van der Waals surface area contributed by atoms with Crippen LogP contribution in [-0.2, 0) is 0 Å². The Hall–Kier alpha value is -0.810. The third-order valence-corrected chi connectivity index (χ3v) is 1.42. The zero-order valence-electron chi connectivity index (χ0n) is 6.16. The standard InChI is InChI=1S/C5H6Cl2N4O/c1-12-5-10-3(2(6)7)9-4(8)11-5/h2H,1H3,(H2,8,9,10,11). The van der Waals surface area contributed by atoms with Gasteiger partial charge in [0.15, 0.2) is 10.7 Å².